The molecule has 0 heterocycles. The van der Waals surface area contributed by atoms with Crippen LogP contribution < -0.4 is 4.90 Å². The number of aryl methyl sites for hydroxylation is 1. The number of nitro groups is 1. The van der Waals surface area contributed by atoms with Gasteiger partial charge >= 0.3 is 0 Å². The molecule has 1 aliphatic rings. The minimum Gasteiger partial charge on any atom is -0.366 e. The van der Waals surface area contributed by atoms with Crippen molar-refractivity contribution in [3.8, 4) is 0 Å². The number of benzene rings is 1. The van der Waals surface area contributed by atoms with Crippen LogP contribution in [-0.4, -0.2) is 23.8 Å². The quantitative estimate of drug-likeness (QED) is 0.630. The summed E-state index contributed by atoms with van der Waals surface area (Å²) in [5, 5.41) is 11.1. The van der Waals surface area contributed by atoms with Gasteiger partial charge in [-0.1, -0.05) is 0 Å². The molecule has 0 unspecified atom stereocenters. The topological polar surface area (TPSA) is 63.5 Å². The van der Waals surface area contributed by atoms with Crippen molar-refractivity contribution < 1.29 is 14.1 Å². The van der Waals surface area contributed by atoms with Gasteiger partial charge in [0, 0.05) is 25.9 Å². The molecule has 0 aromatic heterocycles. The first-order chi connectivity index (χ1) is 9.40. The molecule has 20 heavy (non-hydrogen) atoms. The lowest BCUT2D eigenvalue weighted by atomic mass is 9.93. The lowest BCUT2D eigenvalue weighted by Gasteiger charge is -2.32. The number of nitrogens with zero attached hydrogens (tertiary/aromatic N) is 2. The Kier molecular flexibility index (Phi) is 4.01. The average molecular weight is 280 g/mol. The molecule has 0 N–H and O–H groups in total. The predicted molar refractivity (Wildman–Crippen MR) is 73.5 cm³/mol. The molecular weight excluding hydrogens is 263 g/mol. The van der Waals surface area contributed by atoms with Crippen LogP contribution in [0.25, 0.3) is 0 Å². The summed E-state index contributed by atoms with van der Waals surface area (Å²) >= 11 is 0. The van der Waals surface area contributed by atoms with E-state index in [-0.39, 0.29) is 17.5 Å². The smallest absolute Gasteiger partial charge is 0.295 e. The number of Topliss-reactive ketones (excluding diaryl/α,β-unsaturated/α-hetero) is 1. The van der Waals surface area contributed by atoms with Crippen LogP contribution in [0.1, 0.15) is 31.2 Å². The molecule has 5 nitrogen and oxygen atoms in total. The van der Waals surface area contributed by atoms with Crippen molar-refractivity contribution in [1.29, 1.82) is 0 Å². The second-order valence-electron chi connectivity index (χ2n) is 5.23. The van der Waals surface area contributed by atoms with E-state index in [1.165, 1.54) is 6.07 Å². The summed E-state index contributed by atoms with van der Waals surface area (Å²) in [4.78, 5) is 23.6. The molecule has 2 rings (SSSR count). The monoisotopic (exact) mass is 280 g/mol. The summed E-state index contributed by atoms with van der Waals surface area (Å²) in [6.45, 7) is 1.58. The highest BCUT2D eigenvalue weighted by molar-refractivity contribution is 5.79. The van der Waals surface area contributed by atoms with Gasteiger partial charge in [0.1, 0.15) is 17.3 Å². The van der Waals surface area contributed by atoms with Crippen molar-refractivity contribution >= 4 is 17.2 Å². The number of halogens is 1. The second-order valence-corrected chi connectivity index (χ2v) is 5.23. The molecule has 0 amide bonds. The van der Waals surface area contributed by atoms with Crippen LogP contribution in [0.3, 0.4) is 0 Å². The first-order valence-corrected chi connectivity index (χ1v) is 6.59. The molecule has 0 spiro atoms. The van der Waals surface area contributed by atoms with Gasteiger partial charge in [0.05, 0.1) is 11.0 Å². The third kappa shape index (κ3) is 2.79. The van der Waals surface area contributed by atoms with Gasteiger partial charge in [0.25, 0.3) is 5.69 Å². The van der Waals surface area contributed by atoms with E-state index in [9.17, 15) is 19.3 Å². The van der Waals surface area contributed by atoms with Gasteiger partial charge in [-0.2, -0.15) is 0 Å². The van der Waals surface area contributed by atoms with Crippen molar-refractivity contribution in [1.82, 2.24) is 0 Å². The summed E-state index contributed by atoms with van der Waals surface area (Å²) in [6, 6.07) is 2.55. The normalized spacial score (nSPS) is 16.2. The van der Waals surface area contributed by atoms with E-state index in [1.54, 1.807) is 18.9 Å². The Balaban J connectivity index is 2.33. The third-order valence-corrected chi connectivity index (χ3v) is 3.89. The Morgan fingerprint density at radius 1 is 1.35 bits per heavy atom. The zero-order valence-corrected chi connectivity index (χ0v) is 11.6. The van der Waals surface area contributed by atoms with Crippen LogP contribution in [0.4, 0.5) is 15.8 Å². The lowest BCUT2D eigenvalue weighted by Crippen LogP contribution is -2.35. The molecule has 0 bridgehead atoms. The van der Waals surface area contributed by atoms with Gasteiger partial charge in [0.2, 0.25) is 0 Å². The zero-order chi connectivity index (χ0) is 14.9. The Morgan fingerprint density at radius 2 is 1.95 bits per heavy atom. The fraction of sp³-hybridized carbons (Fsp3) is 0.500. The van der Waals surface area contributed by atoms with E-state index in [4.69, 9.17) is 0 Å². The van der Waals surface area contributed by atoms with Crippen molar-refractivity contribution in [2.75, 3.05) is 11.9 Å². The maximum atomic E-state index is 13.5. The van der Waals surface area contributed by atoms with Gasteiger partial charge < -0.3 is 4.90 Å². The van der Waals surface area contributed by atoms with Crippen molar-refractivity contribution in [3.63, 3.8) is 0 Å². The second kappa shape index (κ2) is 5.56. The molecule has 0 aliphatic heterocycles. The highest BCUT2D eigenvalue weighted by Crippen LogP contribution is 2.33. The summed E-state index contributed by atoms with van der Waals surface area (Å²) in [6.07, 6.45) is 2.37. The van der Waals surface area contributed by atoms with E-state index in [0.717, 1.165) is 6.07 Å². The predicted octanol–water partition coefficient (Wildman–Crippen LogP) is 2.99. The average Bonchev–Trinajstić information content (AvgIpc) is 2.41. The molecule has 0 radical (unpaired) electrons. The van der Waals surface area contributed by atoms with Crippen LogP contribution in [0.5, 0.6) is 0 Å². The van der Waals surface area contributed by atoms with Gasteiger partial charge in [-0.05, 0) is 31.4 Å². The zero-order valence-electron chi connectivity index (χ0n) is 11.6. The number of ketones is 1. The first kappa shape index (κ1) is 14.4. The van der Waals surface area contributed by atoms with E-state index < -0.39 is 10.7 Å². The number of nitro benzene ring substituents is 1. The molecular formula is C14H17FN2O3. The summed E-state index contributed by atoms with van der Waals surface area (Å²) < 4.78 is 13.5. The Bertz CT molecular complexity index is 550. The van der Waals surface area contributed by atoms with Crippen molar-refractivity contribution in [2.45, 2.75) is 38.6 Å². The van der Waals surface area contributed by atoms with E-state index >= 15 is 0 Å². The fourth-order valence-electron chi connectivity index (χ4n) is 2.59. The minimum absolute atomic E-state index is 0.0799. The molecule has 1 aromatic rings. The summed E-state index contributed by atoms with van der Waals surface area (Å²) in [7, 11) is 1.76. The summed E-state index contributed by atoms with van der Waals surface area (Å²) in [5.74, 6) is -0.341. The molecule has 1 aromatic carbocycles. The molecule has 0 saturated heterocycles. The third-order valence-electron chi connectivity index (χ3n) is 3.89. The van der Waals surface area contributed by atoms with Crippen LogP contribution in [0.15, 0.2) is 12.1 Å². The van der Waals surface area contributed by atoms with Gasteiger partial charge in [-0.3, -0.25) is 14.9 Å². The highest BCUT2D eigenvalue weighted by atomic mass is 19.1. The standard InChI is InChI=1S/C14H17FN2O3/c1-9-7-13(14(17(19)20)8-12(9)15)16(2)10-3-5-11(18)6-4-10/h7-8,10H,3-6H2,1-2H3. The van der Waals surface area contributed by atoms with Gasteiger partial charge in [0.15, 0.2) is 0 Å². The Labute approximate surface area is 116 Å². The SMILES string of the molecule is Cc1cc(N(C)C2CCC(=O)CC2)c([N+](=O)[O-])cc1F. The lowest BCUT2D eigenvalue weighted by molar-refractivity contribution is -0.384. The number of carbonyl (C=O) groups excluding carboxylic acids is 1. The van der Waals surface area contributed by atoms with Crippen LogP contribution >= 0.6 is 0 Å². The van der Waals surface area contributed by atoms with Crippen LogP contribution in [-0.2, 0) is 4.79 Å². The Hall–Kier alpha value is -1.98. The fourth-order valence-corrected chi connectivity index (χ4v) is 2.59. The van der Waals surface area contributed by atoms with E-state index in [2.05, 4.69) is 0 Å². The number of hydrogen-bond acceptors (Lipinski definition) is 4. The minimum atomic E-state index is -0.576. The summed E-state index contributed by atoms with van der Waals surface area (Å²) in [5.41, 5.74) is 0.560. The van der Waals surface area contributed by atoms with Crippen LogP contribution in [0, 0.1) is 22.9 Å². The number of hydrogen-bond donors (Lipinski definition) is 0. The largest absolute Gasteiger partial charge is 0.366 e. The molecule has 1 aliphatic carbocycles. The van der Waals surface area contributed by atoms with Gasteiger partial charge in [-0.15, -0.1) is 0 Å². The van der Waals surface area contributed by atoms with Crippen molar-refractivity contribution in [2.24, 2.45) is 0 Å². The van der Waals surface area contributed by atoms with Gasteiger partial charge in [-0.25, -0.2) is 4.39 Å². The molecule has 108 valence electrons. The number of anilines is 1. The maximum Gasteiger partial charge on any atom is 0.295 e. The Morgan fingerprint density at radius 3 is 2.50 bits per heavy atom. The first-order valence-electron chi connectivity index (χ1n) is 6.59. The van der Waals surface area contributed by atoms with Crippen LogP contribution in [0.2, 0.25) is 0 Å². The molecule has 0 atom stereocenters. The molecule has 1 fully saturated rings. The highest BCUT2D eigenvalue weighted by Gasteiger charge is 2.27. The molecule has 1 saturated carbocycles. The van der Waals surface area contributed by atoms with E-state index in [1.807, 2.05) is 0 Å². The van der Waals surface area contributed by atoms with Crippen molar-refractivity contribution in [3.05, 3.63) is 33.6 Å². The maximum absolute atomic E-state index is 13.5. The number of carbonyl (C=O) groups is 1. The van der Waals surface area contributed by atoms with E-state index in [0.29, 0.717) is 36.9 Å². The molecule has 6 heteroatoms. The number of rotatable bonds is 3.